The predicted octanol–water partition coefficient (Wildman–Crippen LogP) is 2.07. The maximum absolute atomic E-state index is 9.00. The number of carboxylic acid groups (broad SMARTS) is 1. The van der Waals surface area contributed by atoms with Gasteiger partial charge in [0.25, 0.3) is 5.97 Å². The summed E-state index contributed by atoms with van der Waals surface area (Å²) in [6.45, 7) is 1.08. The molecule has 0 unspecified atom stereocenters. The normalized spacial score (nSPS) is 8.17. The number of nitrogens with zero attached hydrogens (tertiary/aromatic N) is 1. The Labute approximate surface area is 79.6 Å². The van der Waals surface area contributed by atoms with Gasteiger partial charge in [0.2, 0.25) is 0 Å². The van der Waals surface area contributed by atoms with Gasteiger partial charge in [0.1, 0.15) is 0 Å². The average molecular weight is 232 g/mol. The van der Waals surface area contributed by atoms with Crippen LogP contribution >= 0.6 is 15.9 Å². The zero-order valence-electron chi connectivity index (χ0n) is 6.70. The van der Waals surface area contributed by atoms with E-state index in [9.17, 15) is 0 Å². The highest BCUT2D eigenvalue weighted by atomic mass is 79.9. The fourth-order valence-corrected chi connectivity index (χ4v) is 0.809. The van der Waals surface area contributed by atoms with Gasteiger partial charge in [0.15, 0.2) is 0 Å². The number of hydrogen-bond donors (Lipinski definition) is 1. The number of pyridine rings is 1. The van der Waals surface area contributed by atoms with Crippen molar-refractivity contribution in [3.63, 3.8) is 0 Å². The van der Waals surface area contributed by atoms with Gasteiger partial charge in [-0.2, -0.15) is 0 Å². The molecule has 1 heterocycles. The number of aliphatic carboxylic acids is 1. The predicted molar refractivity (Wildman–Crippen MR) is 50.2 cm³/mol. The first-order chi connectivity index (χ1) is 5.66. The number of rotatable bonds is 1. The van der Waals surface area contributed by atoms with Crippen LogP contribution in [0.5, 0.6) is 0 Å². The summed E-state index contributed by atoms with van der Waals surface area (Å²) >= 11 is 3.32. The lowest BCUT2D eigenvalue weighted by Crippen LogP contribution is -1.78. The molecule has 0 bridgehead atoms. The van der Waals surface area contributed by atoms with Crippen LogP contribution in [0.1, 0.15) is 12.5 Å². The molecule has 0 fully saturated rings. The van der Waals surface area contributed by atoms with Crippen molar-refractivity contribution in [3.05, 3.63) is 30.1 Å². The quantitative estimate of drug-likeness (QED) is 0.754. The lowest BCUT2D eigenvalue weighted by molar-refractivity contribution is -0.134. The minimum Gasteiger partial charge on any atom is -0.481 e. The molecule has 66 valence electrons. The van der Waals surface area contributed by atoms with Gasteiger partial charge in [0, 0.05) is 24.6 Å². The van der Waals surface area contributed by atoms with E-state index in [1.807, 2.05) is 18.3 Å². The molecular formula is C8H10BrNO2. The second kappa shape index (κ2) is 6.79. The van der Waals surface area contributed by atoms with Crippen LogP contribution in [0.4, 0.5) is 0 Å². The van der Waals surface area contributed by atoms with E-state index in [0.29, 0.717) is 0 Å². The van der Waals surface area contributed by atoms with Crippen molar-refractivity contribution < 1.29 is 9.90 Å². The van der Waals surface area contributed by atoms with Crippen molar-refractivity contribution in [2.75, 3.05) is 0 Å². The molecule has 1 rings (SSSR count). The van der Waals surface area contributed by atoms with Crippen molar-refractivity contribution in [3.8, 4) is 0 Å². The Hall–Kier alpha value is -0.900. The molecule has 0 aromatic carbocycles. The molecule has 0 aliphatic carbocycles. The van der Waals surface area contributed by atoms with E-state index in [4.69, 9.17) is 9.90 Å². The molecule has 12 heavy (non-hydrogen) atoms. The first kappa shape index (κ1) is 11.1. The fraction of sp³-hybridized carbons (Fsp3) is 0.250. The van der Waals surface area contributed by atoms with Crippen molar-refractivity contribution in [1.29, 1.82) is 0 Å². The fourth-order valence-electron chi connectivity index (χ4n) is 0.477. The summed E-state index contributed by atoms with van der Waals surface area (Å²) in [7, 11) is 0. The first-order valence-corrected chi connectivity index (χ1v) is 4.43. The van der Waals surface area contributed by atoms with Gasteiger partial charge < -0.3 is 5.11 Å². The highest BCUT2D eigenvalue weighted by Gasteiger charge is 1.82. The zero-order chi connectivity index (χ0) is 9.40. The molecule has 0 atom stereocenters. The highest BCUT2D eigenvalue weighted by molar-refractivity contribution is 9.08. The van der Waals surface area contributed by atoms with Crippen LogP contribution in [-0.4, -0.2) is 16.1 Å². The standard InChI is InChI=1S/C6H6BrN.C2H4O2/c7-4-6-2-1-3-8-5-6;1-2(3)4/h1-3,5H,4H2;1H3,(H,3,4). The summed E-state index contributed by atoms with van der Waals surface area (Å²) < 4.78 is 0. The minimum absolute atomic E-state index is 0.833. The first-order valence-electron chi connectivity index (χ1n) is 3.31. The number of carbonyl (C=O) groups is 1. The summed E-state index contributed by atoms with van der Waals surface area (Å²) in [4.78, 5) is 12.9. The van der Waals surface area contributed by atoms with E-state index >= 15 is 0 Å². The molecule has 1 aromatic heterocycles. The minimum atomic E-state index is -0.833. The number of carboxylic acids is 1. The van der Waals surface area contributed by atoms with Crippen LogP contribution in [0.3, 0.4) is 0 Å². The van der Waals surface area contributed by atoms with E-state index in [0.717, 1.165) is 12.3 Å². The van der Waals surface area contributed by atoms with Crippen LogP contribution in [0.2, 0.25) is 0 Å². The molecule has 0 amide bonds. The Morgan fingerprint density at radius 2 is 2.33 bits per heavy atom. The zero-order valence-corrected chi connectivity index (χ0v) is 8.28. The van der Waals surface area contributed by atoms with Gasteiger partial charge in [-0.05, 0) is 11.6 Å². The Morgan fingerprint density at radius 1 is 1.75 bits per heavy atom. The lowest BCUT2D eigenvalue weighted by atomic mass is 10.3. The Morgan fingerprint density at radius 3 is 2.58 bits per heavy atom. The summed E-state index contributed by atoms with van der Waals surface area (Å²) in [5, 5.41) is 8.31. The summed E-state index contributed by atoms with van der Waals surface area (Å²) in [5.41, 5.74) is 1.22. The molecule has 1 aromatic rings. The average Bonchev–Trinajstić information content (AvgIpc) is 2.05. The number of halogens is 1. The number of aromatic nitrogens is 1. The molecule has 4 heteroatoms. The van der Waals surface area contributed by atoms with Crippen molar-refractivity contribution >= 4 is 21.9 Å². The second-order valence-corrected chi connectivity index (χ2v) is 2.57. The summed E-state index contributed by atoms with van der Waals surface area (Å²) in [6.07, 6.45) is 3.61. The monoisotopic (exact) mass is 231 g/mol. The Balaban J connectivity index is 0.000000261. The molecule has 0 aliphatic heterocycles. The van der Waals surface area contributed by atoms with Crippen molar-refractivity contribution in [1.82, 2.24) is 4.98 Å². The maximum Gasteiger partial charge on any atom is 0.300 e. The lowest BCUT2D eigenvalue weighted by Gasteiger charge is -1.87. The smallest absolute Gasteiger partial charge is 0.300 e. The Bertz CT molecular complexity index is 222. The Kier molecular flexibility index (Phi) is 6.28. The van der Waals surface area contributed by atoms with Gasteiger partial charge in [-0.15, -0.1) is 0 Å². The largest absolute Gasteiger partial charge is 0.481 e. The highest BCUT2D eigenvalue weighted by Crippen LogP contribution is 2.00. The van der Waals surface area contributed by atoms with Crippen molar-refractivity contribution in [2.45, 2.75) is 12.3 Å². The second-order valence-electron chi connectivity index (χ2n) is 2.01. The molecule has 0 aliphatic rings. The number of hydrogen-bond acceptors (Lipinski definition) is 2. The molecule has 3 nitrogen and oxygen atoms in total. The van der Waals surface area contributed by atoms with E-state index < -0.39 is 5.97 Å². The molecule has 0 radical (unpaired) electrons. The number of alkyl halides is 1. The van der Waals surface area contributed by atoms with Gasteiger partial charge in [-0.3, -0.25) is 9.78 Å². The maximum atomic E-state index is 9.00. The van der Waals surface area contributed by atoms with E-state index in [1.54, 1.807) is 6.20 Å². The summed E-state index contributed by atoms with van der Waals surface area (Å²) in [6, 6.07) is 3.96. The SMILES string of the molecule is BrCc1cccnc1.CC(=O)O. The third kappa shape index (κ3) is 7.21. The van der Waals surface area contributed by atoms with Gasteiger partial charge in [-0.25, -0.2) is 0 Å². The molecule has 0 saturated carbocycles. The van der Waals surface area contributed by atoms with E-state index in [2.05, 4.69) is 20.9 Å². The topological polar surface area (TPSA) is 50.2 Å². The molecular weight excluding hydrogens is 222 g/mol. The van der Waals surface area contributed by atoms with E-state index in [-0.39, 0.29) is 0 Å². The van der Waals surface area contributed by atoms with E-state index in [1.165, 1.54) is 5.56 Å². The third-order valence-electron chi connectivity index (χ3n) is 0.877. The molecule has 1 N–H and O–H groups in total. The van der Waals surface area contributed by atoms with Crippen LogP contribution in [-0.2, 0) is 10.1 Å². The van der Waals surface area contributed by atoms with Gasteiger partial charge in [0.05, 0.1) is 0 Å². The van der Waals surface area contributed by atoms with Crippen LogP contribution < -0.4 is 0 Å². The van der Waals surface area contributed by atoms with Gasteiger partial charge in [-0.1, -0.05) is 22.0 Å². The van der Waals surface area contributed by atoms with Crippen LogP contribution in [0, 0.1) is 0 Å². The van der Waals surface area contributed by atoms with Crippen LogP contribution in [0.15, 0.2) is 24.5 Å². The van der Waals surface area contributed by atoms with Crippen molar-refractivity contribution in [2.24, 2.45) is 0 Å². The molecule has 0 saturated heterocycles. The molecule has 0 spiro atoms. The van der Waals surface area contributed by atoms with Crippen LogP contribution in [0.25, 0.3) is 0 Å². The third-order valence-corrected chi connectivity index (χ3v) is 1.52. The van der Waals surface area contributed by atoms with Gasteiger partial charge >= 0.3 is 0 Å². The summed E-state index contributed by atoms with van der Waals surface area (Å²) in [5.74, 6) is -0.833.